The molecule has 0 aliphatic rings. The minimum atomic E-state index is -3.97. The van der Waals surface area contributed by atoms with Gasteiger partial charge in [0, 0.05) is 0 Å². The fourth-order valence-electron chi connectivity index (χ4n) is 2.92. The van der Waals surface area contributed by atoms with Gasteiger partial charge >= 0.3 is 0 Å². The second-order valence-electron chi connectivity index (χ2n) is 7.14. The van der Waals surface area contributed by atoms with Gasteiger partial charge in [0.05, 0.1) is 32.8 Å². The highest BCUT2D eigenvalue weighted by atomic mass is 32.2. The zero-order chi connectivity index (χ0) is 22.8. The maximum Gasteiger partial charge on any atom is 0.261 e. The van der Waals surface area contributed by atoms with Crippen LogP contribution in [-0.4, -0.2) is 16.8 Å². The molecule has 0 atom stereocenters. The van der Waals surface area contributed by atoms with Gasteiger partial charge in [-0.15, -0.1) is 0 Å². The molecule has 160 valence electrons. The lowest BCUT2D eigenvalue weighted by molar-refractivity contribution is 0.598. The number of nitriles is 1. The predicted molar refractivity (Wildman–Crippen MR) is 120 cm³/mol. The minimum absolute atomic E-state index is 0.0347. The molecule has 0 spiro atoms. The van der Waals surface area contributed by atoms with Crippen molar-refractivity contribution in [2.45, 2.75) is 30.6 Å². The lowest BCUT2D eigenvalue weighted by Crippen LogP contribution is -2.16. The van der Waals surface area contributed by atoms with Gasteiger partial charge < -0.3 is 0 Å². The van der Waals surface area contributed by atoms with Crippen molar-refractivity contribution in [2.75, 3.05) is 9.44 Å². The Balaban J connectivity index is 1.92. The van der Waals surface area contributed by atoms with E-state index in [1.165, 1.54) is 42.5 Å². The molecule has 31 heavy (non-hydrogen) atoms. The average Bonchev–Trinajstić information content (AvgIpc) is 2.71. The van der Waals surface area contributed by atoms with E-state index in [-0.39, 0.29) is 15.5 Å². The lowest BCUT2D eigenvalue weighted by atomic mass is 10.1. The number of hydrogen-bond acceptors (Lipinski definition) is 5. The number of sulfonamides is 2. The second-order valence-corrected chi connectivity index (χ2v) is 10.5. The molecule has 7 nitrogen and oxygen atoms in total. The second kappa shape index (κ2) is 8.41. The fraction of sp³-hybridized carbons (Fsp3) is 0.136. The van der Waals surface area contributed by atoms with Crippen molar-refractivity contribution < 1.29 is 16.8 Å². The number of anilines is 2. The summed E-state index contributed by atoms with van der Waals surface area (Å²) in [5, 5.41) is 8.87. The van der Waals surface area contributed by atoms with Crippen LogP contribution in [0.2, 0.25) is 0 Å². The molecule has 0 unspecified atom stereocenters. The van der Waals surface area contributed by atoms with Crippen LogP contribution in [0.5, 0.6) is 0 Å². The Kier molecular flexibility index (Phi) is 6.06. The van der Waals surface area contributed by atoms with Crippen LogP contribution in [0, 0.1) is 32.1 Å². The van der Waals surface area contributed by atoms with Crippen molar-refractivity contribution >= 4 is 31.4 Å². The Bertz CT molecular complexity index is 1390. The first kappa shape index (κ1) is 22.3. The van der Waals surface area contributed by atoms with Gasteiger partial charge in [-0.05, 0) is 74.4 Å². The molecule has 2 N–H and O–H groups in total. The molecule has 0 bridgehead atoms. The molecule has 0 saturated heterocycles. The molecule has 3 aromatic rings. The molecular weight excluding hydrogens is 434 g/mol. The van der Waals surface area contributed by atoms with Gasteiger partial charge in [-0.1, -0.05) is 23.8 Å². The van der Waals surface area contributed by atoms with Gasteiger partial charge in [0.15, 0.2) is 0 Å². The maximum atomic E-state index is 12.9. The molecule has 0 saturated carbocycles. The highest BCUT2D eigenvalue weighted by molar-refractivity contribution is 7.93. The van der Waals surface area contributed by atoms with E-state index in [1.807, 2.05) is 19.1 Å². The molecule has 0 aromatic heterocycles. The van der Waals surface area contributed by atoms with E-state index in [9.17, 15) is 16.8 Å². The average molecular weight is 456 g/mol. The summed E-state index contributed by atoms with van der Waals surface area (Å²) in [7, 11) is -7.91. The Morgan fingerprint density at radius 3 is 1.87 bits per heavy atom. The SMILES string of the molecule is Cc1ccc(NS(=O)(=O)c2ccc(C)c(NS(=O)(=O)c3ccc(C#N)cc3)c2)c(C)c1. The number of nitrogens with zero attached hydrogens (tertiary/aromatic N) is 1. The summed E-state index contributed by atoms with van der Waals surface area (Å²) in [6.07, 6.45) is 0. The monoisotopic (exact) mass is 455 g/mol. The highest BCUT2D eigenvalue weighted by Crippen LogP contribution is 2.26. The largest absolute Gasteiger partial charge is 0.279 e. The number of aryl methyl sites for hydroxylation is 3. The maximum absolute atomic E-state index is 12.9. The summed E-state index contributed by atoms with van der Waals surface area (Å²) < 4.78 is 56.2. The van der Waals surface area contributed by atoms with Crippen molar-refractivity contribution in [2.24, 2.45) is 0 Å². The third-order valence-electron chi connectivity index (χ3n) is 4.68. The first-order chi connectivity index (χ1) is 14.5. The summed E-state index contributed by atoms with van der Waals surface area (Å²) >= 11 is 0. The van der Waals surface area contributed by atoms with Crippen LogP contribution in [0.4, 0.5) is 11.4 Å². The topological polar surface area (TPSA) is 116 Å². The zero-order valence-corrected chi connectivity index (χ0v) is 18.8. The molecule has 0 heterocycles. The first-order valence-corrected chi connectivity index (χ1v) is 12.2. The van der Waals surface area contributed by atoms with E-state index in [2.05, 4.69) is 9.44 Å². The van der Waals surface area contributed by atoms with Gasteiger partial charge in [0.2, 0.25) is 0 Å². The summed E-state index contributed by atoms with van der Waals surface area (Å²) in [6.45, 7) is 5.39. The molecule has 0 fully saturated rings. The summed E-state index contributed by atoms with van der Waals surface area (Å²) in [4.78, 5) is -0.108. The van der Waals surface area contributed by atoms with Gasteiger partial charge in [-0.3, -0.25) is 9.44 Å². The Hall–Kier alpha value is -3.35. The number of hydrogen-bond donors (Lipinski definition) is 2. The number of benzene rings is 3. The summed E-state index contributed by atoms with van der Waals surface area (Å²) in [5.41, 5.74) is 3.27. The van der Waals surface area contributed by atoms with Crippen LogP contribution < -0.4 is 9.44 Å². The van der Waals surface area contributed by atoms with E-state index >= 15 is 0 Å². The number of rotatable bonds is 6. The Labute approximate surface area is 182 Å². The van der Waals surface area contributed by atoms with E-state index in [1.54, 1.807) is 26.0 Å². The van der Waals surface area contributed by atoms with Gasteiger partial charge in [-0.25, -0.2) is 16.8 Å². The van der Waals surface area contributed by atoms with E-state index < -0.39 is 20.0 Å². The minimum Gasteiger partial charge on any atom is -0.279 e. The first-order valence-electron chi connectivity index (χ1n) is 9.25. The predicted octanol–water partition coefficient (Wildman–Crippen LogP) is 4.09. The summed E-state index contributed by atoms with van der Waals surface area (Å²) in [6, 6.07) is 16.9. The van der Waals surface area contributed by atoms with Crippen LogP contribution in [-0.2, 0) is 20.0 Å². The van der Waals surface area contributed by atoms with Crippen LogP contribution in [0.1, 0.15) is 22.3 Å². The van der Waals surface area contributed by atoms with Gasteiger partial charge in [0.1, 0.15) is 0 Å². The summed E-state index contributed by atoms with van der Waals surface area (Å²) in [5.74, 6) is 0. The molecular formula is C22H21N3O4S2. The van der Waals surface area contributed by atoms with Crippen molar-refractivity contribution in [3.63, 3.8) is 0 Å². The Morgan fingerprint density at radius 1 is 0.677 bits per heavy atom. The standard InChI is InChI=1S/C22H21N3O4S2/c1-15-4-11-21(17(3)12-15)24-31(28,29)20-8-5-16(2)22(13-20)25-30(26,27)19-9-6-18(14-23)7-10-19/h4-13,24-25H,1-3H3. The molecule has 0 aliphatic heterocycles. The third-order valence-corrected chi connectivity index (χ3v) is 7.43. The van der Waals surface area contributed by atoms with Crippen LogP contribution >= 0.6 is 0 Å². The quantitative estimate of drug-likeness (QED) is 0.581. The third kappa shape index (κ3) is 5.05. The van der Waals surface area contributed by atoms with Gasteiger partial charge in [0.25, 0.3) is 20.0 Å². The molecule has 3 rings (SSSR count). The van der Waals surface area contributed by atoms with Crippen LogP contribution in [0.15, 0.2) is 70.5 Å². The van der Waals surface area contributed by atoms with E-state index in [0.29, 0.717) is 16.8 Å². The number of nitrogens with one attached hydrogen (secondary N) is 2. The smallest absolute Gasteiger partial charge is 0.261 e. The molecule has 0 amide bonds. The van der Waals surface area contributed by atoms with Crippen molar-refractivity contribution in [3.05, 3.63) is 82.9 Å². The van der Waals surface area contributed by atoms with Crippen LogP contribution in [0.3, 0.4) is 0 Å². The van der Waals surface area contributed by atoms with Crippen LogP contribution in [0.25, 0.3) is 0 Å². The molecule has 3 aromatic carbocycles. The molecule has 9 heteroatoms. The Morgan fingerprint density at radius 2 is 1.26 bits per heavy atom. The van der Waals surface area contributed by atoms with E-state index in [0.717, 1.165) is 11.1 Å². The molecule has 0 aliphatic carbocycles. The fourth-order valence-corrected chi connectivity index (χ4v) is 5.20. The van der Waals surface area contributed by atoms with Crippen molar-refractivity contribution in [1.82, 2.24) is 0 Å². The van der Waals surface area contributed by atoms with Gasteiger partial charge in [-0.2, -0.15) is 5.26 Å². The molecule has 0 radical (unpaired) electrons. The highest BCUT2D eigenvalue weighted by Gasteiger charge is 2.20. The van der Waals surface area contributed by atoms with E-state index in [4.69, 9.17) is 5.26 Å². The lowest BCUT2D eigenvalue weighted by Gasteiger charge is -2.14. The zero-order valence-electron chi connectivity index (χ0n) is 17.2. The van der Waals surface area contributed by atoms with Crippen molar-refractivity contribution in [1.29, 1.82) is 5.26 Å². The normalized spacial score (nSPS) is 11.5. The van der Waals surface area contributed by atoms with Crippen molar-refractivity contribution in [3.8, 4) is 6.07 Å².